The van der Waals surface area contributed by atoms with Crippen molar-refractivity contribution in [2.24, 2.45) is 0 Å². The molecule has 2 aromatic carbocycles. The molecule has 1 aliphatic heterocycles. The molecule has 0 radical (unpaired) electrons. The number of nitrogens with zero attached hydrogens (tertiary/aromatic N) is 2. The molecule has 0 saturated carbocycles. The highest BCUT2D eigenvalue weighted by Crippen LogP contribution is 2.13. The molecule has 3 amide bonds. The summed E-state index contributed by atoms with van der Waals surface area (Å²) in [5, 5.41) is 4.90. The molecular weight excluding hydrogens is 418 g/mol. The van der Waals surface area contributed by atoms with Gasteiger partial charge >= 0.3 is 0 Å². The van der Waals surface area contributed by atoms with Crippen LogP contribution in [0, 0.1) is 18.6 Å². The zero-order valence-corrected chi connectivity index (χ0v) is 17.9. The monoisotopic (exact) mass is 444 g/mol. The van der Waals surface area contributed by atoms with Gasteiger partial charge in [-0.15, -0.1) is 0 Å². The van der Waals surface area contributed by atoms with Crippen LogP contribution in [0.25, 0.3) is 0 Å². The smallest absolute Gasteiger partial charge is 0.243 e. The summed E-state index contributed by atoms with van der Waals surface area (Å²) in [6.07, 6.45) is 0.355. The number of hydrogen-bond donors (Lipinski definition) is 2. The summed E-state index contributed by atoms with van der Waals surface area (Å²) in [6, 6.07) is 10.9. The second kappa shape index (κ2) is 10.8. The molecule has 1 saturated heterocycles. The number of carbonyl (C=O) groups is 3. The SMILES string of the molecule is Cc1ccc(CC(=O)N2CCN(CC(=O)NCC(=O)Nc3ccc(F)c(F)c3)CC2)cc1. The molecule has 0 spiro atoms. The lowest BCUT2D eigenvalue weighted by Crippen LogP contribution is -2.51. The van der Waals surface area contributed by atoms with Crippen molar-refractivity contribution in [3.05, 3.63) is 65.2 Å². The third-order valence-electron chi connectivity index (χ3n) is 5.22. The Kier molecular flexibility index (Phi) is 7.88. The molecule has 0 atom stereocenters. The molecule has 0 aromatic heterocycles. The van der Waals surface area contributed by atoms with Gasteiger partial charge in [0.2, 0.25) is 17.7 Å². The molecule has 0 bridgehead atoms. The number of benzene rings is 2. The van der Waals surface area contributed by atoms with E-state index in [9.17, 15) is 23.2 Å². The highest BCUT2D eigenvalue weighted by atomic mass is 19.2. The highest BCUT2D eigenvalue weighted by molar-refractivity contribution is 5.94. The lowest BCUT2D eigenvalue weighted by Gasteiger charge is -2.34. The van der Waals surface area contributed by atoms with Gasteiger partial charge in [0.1, 0.15) is 0 Å². The quantitative estimate of drug-likeness (QED) is 0.682. The van der Waals surface area contributed by atoms with E-state index in [-0.39, 0.29) is 30.6 Å². The summed E-state index contributed by atoms with van der Waals surface area (Å²) < 4.78 is 26.1. The largest absolute Gasteiger partial charge is 0.346 e. The molecule has 1 heterocycles. The Morgan fingerprint density at radius 1 is 0.906 bits per heavy atom. The Morgan fingerprint density at radius 2 is 1.59 bits per heavy atom. The maximum atomic E-state index is 13.2. The van der Waals surface area contributed by atoms with E-state index in [1.165, 1.54) is 6.07 Å². The van der Waals surface area contributed by atoms with Crippen LogP contribution in [0.1, 0.15) is 11.1 Å². The first-order valence-corrected chi connectivity index (χ1v) is 10.4. The number of piperazine rings is 1. The van der Waals surface area contributed by atoms with Crippen LogP contribution in [0.3, 0.4) is 0 Å². The van der Waals surface area contributed by atoms with Crippen molar-refractivity contribution in [1.29, 1.82) is 0 Å². The highest BCUT2D eigenvalue weighted by Gasteiger charge is 2.22. The minimum atomic E-state index is -1.07. The van der Waals surface area contributed by atoms with Gasteiger partial charge in [0.15, 0.2) is 11.6 Å². The summed E-state index contributed by atoms with van der Waals surface area (Å²) >= 11 is 0. The molecule has 1 fully saturated rings. The fourth-order valence-corrected chi connectivity index (χ4v) is 3.36. The number of anilines is 1. The van der Waals surface area contributed by atoms with E-state index in [1.54, 1.807) is 4.90 Å². The Hall–Kier alpha value is -3.33. The standard InChI is InChI=1S/C23H26F2N4O3/c1-16-2-4-17(5-3-16)12-23(32)29-10-8-28(9-11-29)15-22(31)26-14-21(30)27-18-6-7-19(24)20(25)13-18/h2-7,13H,8-12,14-15H2,1H3,(H,26,31)(H,27,30). The summed E-state index contributed by atoms with van der Waals surface area (Å²) in [7, 11) is 0. The first kappa shape index (κ1) is 23.3. The van der Waals surface area contributed by atoms with Gasteiger partial charge in [-0.1, -0.05) is 29.8 Å². The number of halogens is 2. The summed E-state index contributed by atoms with van der Waals surface area (Å²) in [5.74, 6) is -2.89. The molecule has 3 rings (SSSR count). The number of carbonyl (C=O) groups excluding carboxylic acids is 3. The molecule has 0 unspecified atom stereocenters. The first-order chi connectivity index (χ1) is 15.3. The number of rotatable bonds is 7. The van der Waals surface area contributed by atoms with Gasteiger partial charge in [-0.05, 0) is 24.6 Å². The molecule has 1 aliphatic rings. The molecule has 2 N–H and O–H groups in total. The minimum Gasteiger partial charge on any atom is -0.346 e. The Bertz CT molecular complexity index is 974. The second-order valence-electron chi connectivity index (χ2n) is 7.77. The van der Waals surface area contributed by atoms with Crippen molar-refractivity contribution in [2.75, 3.05) is 44.6 Å². The van der Waals surface area contributed by atoms with Gasteiger partial charge in [-0.3, -0.25) is 19.3 Å². The molecule has 0 aliphatic carbocycles. The predicted molar refractivity (Wildman–Crippen MR) is 116 cm³/mol. The second-order valence-corrected chi connectivity index (χ2v) is 7.77. The lowest BCUT2D eigenvalue weighted by molar-refractivity contribution is -0.132. The fraction of sp³-hybridized carbons (Fsp3) is 0.348. The van der Waals surface area contributed by atoms with Crippen LogP contribution in [-0.4, -0.2) is 66.8 Å². The van der Waals surface area contributed by atoms with E-state index in [2.05, 4.69) is 10.6 Å². The van der Waals surface area contributed by atoms with E-state index in [4.69, 9.17) is 0 Å². The van der Waals surface area contributed by atoms with Gasteiger partial charge in [0.05, 0.1) is 19.5 Å². The van der Waals surface area contributed by atoms with E-state index in [1.807, 2.05) is 36.1 Å². The van der Waals surface area contributed by atoms with Crippen molar-refractivity contribution < 1.29 is 23.2 Å². The van der Waals surface area contributed by atoms with Crippen LogP contribution in [0.5, 0.6) is 0 Å². The summed E-state index contributed by atoms with van der Waals surface area (Å²) in [6.45, 7) is 4.02. The van der Waals surface area contributed by atoms with Crippen LogP contribution in [0.15, 0.2) is 42.5 Å². The van der Waals surface area contributed by atoms with E-state index in [0.717, 1.165) is 23.3 Å². The maximum Gasteiger partial charge on any atom is 0.243 e. The predicted octanol–water partition coefficient (Wildman–Crippen LogP) is 1.71. The first-order valence-electron chi connectivity index (χ1n) is 10.4. The molecule has 7 nitrogen and oxygen atoms in total. The van der Waals surface area contributed by atoms with Crippen LogP contribution >= 0.6 is 0 Å². The third kappa shape index (κ3) is 6.84. The van der Waals surface area contributed by atoms with E-state index in [0.29, 0.717) is 32.6 Å². The van der Waals surface area contributed by atoms with Crippen molar-refractivity contribution in [2.45, 2.75) is 13.3 Å². The number of nitrogens with one attached hydrogen (secondary N) is 2. The Morgan fingerprint density at radius 3 is 2.25 bits per heavy atom. The average molecular weight is 444 g/mol. The number of amides is 3. The van der Waals surface area contributed by atoms with Crippen LogP contribution < -0.4 is 10.6 Å². The lowest BCUT2D eigenvalue weighted by atomic mass is 10.1. The minimum absolute atomic E-state index is 0.0619. The fourth-order valence-electron chi connectivity index (χ4n) is 3.36. The maximum absolute atomic E-state index is 13.2. The van der Waals surface area contributed by atoms with Gasteiger partial charge in [0.25, 0.3) is 0 Å². The van der Waals surface area contributed by atoms with Crippen LogP contribution in [-0.2, 0) is 20.8 Å². The molecule has 32 heavy (non-hydrogen) atoms. The normalized spacial score (nSPS) is 14.2. The molecule has 2 aromatic rings. The van der Waals surface area contributed by atoms with Gasteiger partial charge in [0, 0.05) is 37.9 Å². The summed E-state index contributed by atoms with van der Waals surface area (Å²) in [4.78, 5) is 40.2. The van der Waals surface area contributed by atoms with Crippen molar-refractivity contribution in [3.63, 3.8) is 0 Å². The van der Waals surface area contributed by atoms with Crippen LogP contribution in [0.2, 0.25) is 0 Å². The topological polar surface area (TPSA) is 81.8 Å². The molecule has 170 valence electrons. The van der Waals surface area contributed by atoms with Gasteiger partial charge < -0.3 is 15.5 Å². The van der Waals surface area contributed by atoms with Gasteiger partial charge in [-0.25, -0.2) is 8.78 Å². The Balaban J connectivity index is 1.35. The third-order valence-corrected chi connectivity index (χ3v) is 5.22. The summed E-state index contributed by atoms with van der Waals surface area (Å²) in [5.41, 5.74) is 2.23. The van der Waals surface area contributed by atoms with Gasteiger partial charge in [-0.2, -0.15) is 0 Å². The zero-order valence-electron chi connectivity index (χ0n) is 17.9. The number of aryl methyl sites for hydroxylation is 1. The average Bonchev–Trinajstić information content (AvgIpc) is 2.77. The molecular formula is C23H26F2N4O3. The van der Waals surface area contributed by atoms with E-state index >= 15 is 0 Å². The van der Waals surface area contributed by atoms with Crippen LogP contribution in [0.4, 0.5) is 14.5 Å². The Labute approximate surface area is 185 Å². The van der Waals surface area contributed by atoms with Crippen molar-refractivity contribution in [1.82, 2.24) is 15.1 Å². The van der Waals surface area contributed by atoms with Crippen molar-refractivity contribution in [3.8, 4) is 0 Å². The van der Waals surface area contributed by atoms with Crippen molar-refractivity contribution >= 4 is 23.4 Å². The van der Waals surface area contributed by atoms with E-state index < -0.39 is 17.5 Å². The number of hydrogen-bond acceptors (Lipinski definition) is 4. The zero-order chi connectivity index (χ0) is 23.1. The molecule has 9 heteroatoms.